The molecule has 154 valence electrons. The van der Waals surface area contributed by atoms with E-state index in [0.717, 1.165) is 56.7 Å². The first-order valence-electron chi connectivity index (χ1n) is 11.1. The average molecular weight is 387 g/mol. The zero-order valence-corrected chi connectivity index (χ0v) is 17.0. The van der Waals surface area contributed by atoms with Crippen molar-refractivity contribution in [3.05, 3.63) is 29.8 Å². The van der Waals surface area contributed by atoms with E-state index in [0.29, 0.717) is 13.2 Å². The predicted molar refractivity (Wildman–Crippen MR) is 110 cm³/mol. The van der Waals surface area contributed by atoms with Crippen LogP contribution in [-0.4, -0.2) is 68.3 Å². The highest BCUT2D eigenvalue weighted by molar-refractivity contribution is 5.89. The number of amides is 1. The standard InChI is InChI=1S/C23H34N2O3/c26-22(25-15-5-16-25)23(10-18-27-19-11-23)20-6-8-21(9-7-20)28-17-4-3-14-24-12-1-2-13-24/h6-9H,1-5,10-19H2. The highest BCUT2D eigenvalue weighted by Crippen LogP contribution is 2.38. The second kappa shape index (κ2) is 9.27. The first kappa shape index (κ1) is 19.7. The molecule has 4 rings (SSSR count). The molecule has 0 aliphatic carbocycles. The number of ether oxygens (including phenoxy) is 2. The molecule has 3 aliphatic heterocycles. The van der Waals surface area contributed by atoms with Gasteiger partial charge >= 0.3 is 0 Å². The van der Waals surface area contributed by atoms with Gasteiger partial charge in [0.05, 0.1) is 12.0 Å². The maximum atomic E-state index is 13.2. The van der Waals surface area contributed by atoms with Crippen LogP contribution >= 0.6 is 0 Å². The summed E-state index contributed by atoms with van der Waals surface area (Å²) in [6.07, 6.45) is 7.69. The van der Waals surface area contributed by atoms with Gasteiger partial charge in [-0.25, -0.2) is 0 Å². The van der Waals surface area contributed by atoms with Crippen LogP contribution in [0, 0.1) is 0 Å². The van der Waals surface area contributed by atoms with Crippen LogP contribution in [0.25, 0.3) is 0 Å². The summed E-state index contributed by atoms with van der Waals surface area (Å²) in [5.74, 6) is 1.20. The molecule has 1 aromatic carbocycles. The summed E-state index contributed by atoms with van der Waals surface area (Å²) in [7, 11) is 0. The van der Waals surface area contributed by atoms with E-state index in [-0.39, 0.29) is 5.91 Å². The quantitative estimate of drug-likeness (QED) is 0.644. The van der Waals surface area contributed by atoms with Gasteiger partial charge in [0.25, 0.3) is 0 Å². The van der Waals surface area contributed by atoms with Crippen LogP contribution in [0.4, 0.5) is 0 Å². The molecule has 1 aromatic rings. The molecule has 0 atom stereocenters. The lowest BCUT2D eigenvalue weighted by Crippen LogP contribution is -2.54. The van der Waals surface area contributed by atoms with Crippen LogP contribution < -0.4 is 4.74 Å². The van der Waals surface area contributed by atoms with E-state index < -0.39 is 5.41 Å². The minimum Gasteiger partial charge on any atom is -0.494 e. The highest BCUT2D eigenvalue weighted by Gasteiger charge is 2.45. The summed E-state index contributed by atoms with van der Waals surface area (Å²) in [5, 5.41) is 0. The number of rotatable bonds is 8. The Morgan fingerprint density at radius 3 is 2.32 bits per heavy atom. The van der Waals surface area contributed by atoms with E-state index in [9.17, 15) is 4.79 Å². The van der Waals surface area contributed by atoms with Gasteiger partial charge in [-0.15, -0.1) is 0 Å². The lowest BCUT2D eigenvalue weighted by atomic mass is 9.72. The van der Waals surface area contributed by atoms with E-state index in [1.54, 1.807) is 0 Å². The number of carbonyl (C=O) groups excluding carboxylic acids is 1. The molecule has 0 radical (unpaired) electrons. The third-order valence-electron chi connectivity index (χ3n) is 6.64. The summed E-state index contributed by atoms with van der Waals surface area (Å²) in [4.78, 5) is 17.7. The molecule has 28 heavy (non-hydrogen) atoms. The van der Waals surface area contributed by atoms with Crippen LogP contribution in [0.2, 0.25) is 0 Å². The van der Waals surface area contributed by atoms with Gasteiger partial charge in [-0.1, -0.05) is 12.1 Å². The molecule has 3 fully saturated rings. The number of nitrogens with zero attached hydrogens (tertiary/aromatic N) is 2. The fourth-order valence-corrected chi connectivity index (χ4v) is 4.67. The monoisotopic (exact) mass is 386 g/mol. The Kier molecular flexibility index (Phi) is 6.53. The van der Waals surface area contributed by atoms with Gasteiger partial charge in [0.15, 0.2) is 0 Å². The molecule has 0 unspecified atom stereocenters. The number of unbranched alkanes of at least 4 members (excludes halogenated alkanes) is 1. The third-order valence-corrected chi connectivity index (χ3v) is 6.64. The van der Waals surface area contributed by atoms with E-state index in [1.165, 1.54) is 38.9 Å². The number of hydrogen-bond donors (Lipinski definition) is 0. The van der Waals surface area contributed by atoms with Gasteiger partial charge in [-0.2, -0.15) is 0 Å². The van der Waals surface area contributed by atoms with Crippen molar-refractivity contribution in [3.63, 3.8) is 0 Å². The maximum Gasteiger partial charge on any atom is 0.233 e. The molecule has 0 aromatic heterocycles. The van der Waals surface area contributed by atoms with Crippen molar-refractivity contribution in [2.45, 2.75) is 50.4 Å². The molecule has 0 bridgehead atoms. The molecule has 0 spiro atoms. The molecular formula is C23H34N2O3. The lowest BCUT2D eigenvalue weighted by molar-refractivity contribution is -0.145. The van der Waals surface area contributed by atoms with Crippen molar-refractivity contribution in [1.29, 1.82) is 0 Å². The number of hydrogen-bond acceptors (Lipinski definition) is 4. The molecule has 1 amide bonds. The largest absolute Gasteiger partial charge is 0.494 e. The van der Waals surface area contributed by atoms with Crippen molar-refractivity contribution in [1.82, 2.24) is 9.80 Å². The second-order valence-corrected chi connectivity index (χ2v) is 8.47. The summed E-state index contributed by atoms with van der Waals surface area (Å²) in [5.41, 5.74) is 0.710. The van der Waals surface area contributed by atoms with Crippen LogP contribution in [0.5, 0.6) is 5.75 Å². The van der Waals surface area contributed by atoms with Gasteiger partial charge in [-0.3, -0.25) is 4.79 Å². The molecule has 5 nitrogen and oxygen atoms in total. The summed E-state index contributed by atoms with van der Waals surface area (Å²) >= 11 is 0. The van der Waals surface area contributed by atoms with Crippen molar-refractivity contribution in [2.24, 2.45) is 0 Å². The van der Waals surface area contributed by atoms with Gasteiger partial charge < -0.3 is 19.3 Å². The Bertz CT molecular complexity index is 630. The molecule has 3 aliphatic rings. The Morgan fingerprint density at radius 2 is 1.68 bits per heavy atom. The summed E-state index contributed by atoms with van der Waals surface area (Å²) < 4.78 is 11.5. The van der Waals surface area contributed by atoms with Gasteiger partial charge in [0.2, 0.25) is 5.91 Å². The molecule has 0 N–H and O–H groups in total. The normalized spacial score (nSPS) is 22.1. The van der Waals surface area contributed by atoms with E-state index >= 15 is 0 Å². The fourth-order valence-electron chi connectivity index (χ4n) is 4.67. The first-order valence-corrected chi connectivity index (χ1v) is 11.1. The Labute approximate surface area is 169 Å². The van der Waals surface area contributed by atoms with Crippen molar-refractivity contribution < 1.29 is 14.3 Å². The molecule has 3 saturated heterocycles. The van der Waals surface area contributed by atoms with Crippen molar-refractivity contribution in [3.8, 4) is 5.75 Å². The minimum atomic E-state index is -0.410. The lowest BCUT2D eigenvalue weighted by Gasteiger charge is -2.43. The van der Waals surface area contributed by atoms with Gasteiger partial charge in [0.1, 0.15) is 5.75 Å². The van der Waals surface area contributed by atoms with E-state index in [2.05, 4.69) is 17.0 Å². The smallest absolute Gasteiger partial charge is 0.233 e. The summed E-state index contributed by atoms with van der Waals surface area (Å²) in [6, 6.07) is 8.28. The highest BCUT2D eigenvalue weighted by atomic mass is 16.5. The molecule has 0 saturated carbocycles. The second-order valence-electron chi connectivity index (χ2n) is 8.47. The topological polar surface area (TPSA) is 42.0 Å². The van der Waals surface area contributed by atoms with Crippen LogP contribution in [-0.2, 0) is 14.9 Å². The number of likely N-dealkylation sites (tertiary alicyclic amines) is 2. The van der Waals surface area contributed by atoms with Gasteiger partial charge in [0, 0.05) is 26.3 Å². The SMILES string of the molecule is O=C(N1CCC1)C1(c2ccc(OCCCCN3CCCC3)cc2)CCOCC1. The van der Waals surface area contributed by atoms with E-state index in [4.69, 9.17) is 9.47 Å². The third kappa shape index (κ3) is 4.36. The molecule has 5 heteroatoms. The molecular weight excluding hydrogens is 352 g/mol. The first-order chi connectivity index (χ1) is 13.8. The van der Waals surface area contributed by atoms with Crippen molar-refractivity contribution in [2.75, 3.05) is 52.5 Å². The summed E-state index contributed by atoms with van der Waals surface area (Å²) in [6.45, 7) is 7.63. The van der Waals surface area contributed by atoms with Crippen LogP contribution in [0.15, 0.2) is 24.3 Å². The zero-order chi connectivity index (χ0) is 19.2. The Hall–Kier alpha value is -1.59. The minimum absolute atomic E-state index is 0.289. The van der Waals surface area contributed by atoms with Crippen LogP contribution in [0.3, 0.4) is 0 Å². The van der Waals surface area contributed by atoms with Gasteiger partial charge in [-0.05, 0) is 82.3 Å². The predicted octanol–water partition coefficient (Wildman–Crippen LogP) is 3.22. The number of carbonyl (C=O) groups is 1. The van der Waals surface area contributed by atoms with Crippen LogP contribution in [0.1, 0.15) is 50.5 Å². The Morgan fingerprint density at radius 1 is 0.964 bits per heavy atom. The van der Waals surface area contributed by atoms with E-state index in [1.807, 2.05) is 17.0 Å². The zero-order valence-electron chi connectivity index (χ0n) is 17.0. The Balaban J connectivity index is 1.31. The fraction of sp³-hybridized carbons (Fsp3) is 0.696. The molecule has 3 heterocycles. The van der Waals surface area contributed by atoms with Crippen molar-refractivity contribution >= 4 is 5.91 Å². The maximum absolute atomic E-state index is 13.2. The average Bonchev–Trinajstić information content (AvgIpc) is 3.21. The number of benzene rings is 1.